The van der Waals surface area contributed by atoms with E-state index in [2.05, 4.69) is 26.6 Å². The van der Waals surface area contributed by atoms with E-state index in [9.17, 15) is 4.79 Å². The third-order valence-corrected chi connectivity index (χ3v) is 4.69. The van der Waals surface area contributed by atoms with Crippen LogP contribution in [0.15, 0.2) is 22.7 Å². The highest BCUT2D eigenvalue weighted by Crippen LogP contribution is 2.32. The quantitative estimate of drug-likeness (QED) is 0.762. The summed E-state index contributed by atoms with van der Waals surface area (Å²) < 4.78 is 11.5. The van der Waals surface area contributed by atoms with E-state index < -0.39 is 5.60 Å². The van der Waals surface area contributed by atoms with E-state index in [4.69, 9.17) is 9.47 Å². The van der Waals surface area contributed by atoms with Crippen molar-refractivity contribution in [1.29, 1.82) is 0 Å². The van der Waals surface area contributed by atoms with Gasteiger partial charge in [0.1, 0.15) is 11.4 Å². The Bertz CT molecular complexity index is 572. The molecule has 134 valence electrons. The molecule has 2 unspecified atom stereocenters. The second kappa shape index (κ2) is 8.10. The van der Waals surface area contributed by atoms with Gasteiger partial charge in [0.25, 0.3) is 0 Å². The summed E-state index contributed by atoms with van der Waals surface area (Å²) in [5.41, 5.74) is 0.587. The van der Waals surface area contributed by atoms with Crippen molar-refractivity contribution in [2.45, 2.75) is 51.7 Å². The van der Waals surface area contributed by atoms with E-state index in [1.54, 1.807) is 7.11 Å². The average Bonchev–Trinajstić information content (AvgIpc) is 2.91. The highest BCUT2D eigenvalue weighted by atomic mass is 79.9. The second-order valence-electron chi connectivity index (χ2n) is 7.17. The first-order valence-electron chi connectivity index (χ1n) is 8.35. The predicted molar refractivity (Wildman–Crippen MR) is 99.7 cm³/mol. The van der Waals surface area contributed by atoms with Gasteiger partial charge in [-0.2, -0.15) is 0 Å². The minimum absolute atomic E-state index is 0.347. The smallest absolute Gasteiger partial charge is 0.407 e. The normalized spacial score (nSPS) is 20.5. The van der Waals surface area contributed by atoms with Crippen LogP contribution < -0.4 is 15.4 Å². The van der Waals surface area contributed by atoms with Crippen LogP contribution in [0.3, 0.4) is 0 Å². The van der Waals surface area contributed by atoms with Gasteiger partial charge in [0, 0.05) is 18.3 Å². The largest absolute Gasteiger partial charge is 0.496 e. The molecule has 1 aromatic rings. The Morgan fingerprint density at radius 2 is 2.08 bits per heavy atom. The summed E-state index contributed by atoms with van der Waals surface area (Å²) in [6, 6.07) is 6.32. The lowest BCUT2D eigenvalue weighted by Gasteiger charge is -2.24. The average molecular weight is 399 g/mol. The zero-order valence-corrected chi connectivity index (χ0v) is 16.4. The van der Waals surface area contributed by atoms with Gasteiger partial charge in [0.05, 0.1) is 11.6 Å². The molecule has 0 aliphatic heterocycles. The number of nitrogens with one attached hydrogen (secondary N) is 2. The molecule has 0 heterocycles. The molecule has 6 heteroatoms. The number of alkyl carbamates (subject to hydrolysis) is 1. The molecule has 2 N–H and O–H groups in total. The van der Waals surface area contributed by atoms with Crippen molar-refractivity contribution in [2.24, 2.45) is 5.92 Å². The molecule has 0 bridgehead atoms. The van der Waals surface area contributed by atoms with Gasteiger partial charge in [0.15, 0.2) is 0 Å². The number of carbonyl (C=O) groups is 1. The van der Waals surface area contributed by atoms with Gasteiger partial charge < -0.3 is 20.1 Å². The number of ether oxygens (including phenoxy) is 2. The zero-order valence-electron chi connectivity index (χ0n) is 14.8. The maximum atomic E-state index is 11.8. The molecule has 1 aliphatic carbocycles. The van der Waals surface area contributed by atoms with E-state index in [1.807, 2.05) is 39.0 Å². The van der Waals surface area contributed by atoms with Crippen LogP contribution in [0.2, 0.25) is 0 Å². The number of hydrogen-bond donors (Lipinski definition) is 2. The van der Waals surface area contributed by atoms with Crippen LogP contribution in [0.5, 0.6) is 5.75 Å². The molecule has 0 aromatic heterocycles. The van der Waals surface area contributed by atoms with Crippen LogP contribution >= 0.6 is 15.9 Å². The van der Waals surface area contributed by atoms with Gasteiger partial charge in [0.2, 0.25) is 0 Å². The molecule has 2 rings (SSSR count). The van der Waals surface area contributed by atoms with Crippen LogP contribution in [-0.4, -0.2) is 31.4 Å². The molecule has 1 saturated carbocycles. The fraction of sp³-hybridized carbons (Fsp3) is 0.611. The first-order valence-corrected chi connectivity index (χ1v) is 9.15. The van der Waals surface area contributed by atoms with Crippen molar-refractivity contribution in [2.75, 3.05) is 19.0 Å². The third-order valence-electron chi connectivity index (χ3n) is 4.07. The molecular weight excluding hydrogens is 372 g/mol. The highest BCUT2D eigenvalue weighted by molar-refractivity contribution is 9.10. The van der Waals surface area contributed by atoms with Crippen molar-refractivity contribution in [3.05, 3.63) is 22.7 Å². The maximum absolute atomic E-state index is 11.8. The lowest BCUT2D eigenvalue weighted by Crippen LogP contribution is -2.38. The topological polar surface area (TPSA) is 59.6 Å². The summed E-state index contributed by atoms with van der Waals surface area (Å²) in [6.07, 6.45) is 3.02. The van der Waals surface area contributed by atoms with Crippen molar-refractivity contribution >= 4 is 27.7 Å². The number of anilines is 1. The molecule has 24 heavy (non-hydrogen) atoms. The molecule has 1 aliphatic rings. The van der Waals surface area contributed by atoms with Crippen LogP contribution in [0, 0.1) is 5.92 Å². The number of amides is 1. The van der Waals surface area contributed by atoms with Gasteiger partial charge in [-0.25, -0.2) is 4.79 Å². The summed E-state index contributed by atoms with van der Waals surface area (Å²) in [6.45, 7) is 6.24. The fourth-order valence-electron chi connectivity index (χ4n) is 2.97. The Kier molecular flexibility index (Phi) is 6.38. The summed E-state index contributed by atoms with van der Waals surface area (Å²) >= 11 is 3.51. The molecule has 0 spiro atoms. The molecule has 1 aromatic carbocycles. The van der Waals surface area contributed by atoms with E-state index in [0.717, 1.165) is 35.2 Å². The molecule has 2 atom stereocenters. The van der Waals surface area contributed by atoms with Gasteiger partial charge in [-0.3, -0.25) is 0 Å². The highest BCUT2D eigenvalue weighted by Gasteiger charge is 2.28. The number of rotatable bonds is 5. The maximum Gasteiger partial charge on any atom is 0.407 e. The zero-order chi connectivity index (χ0) is 17.7. The van der Waals surface area contributed by atoms with Gasteiger partial charge >= 0.3 is 6.09 Å². The SMILES string of the molecule is COc1ccc(NC2CCCC2CNC(=O)OC(C)(C)C)cc1Br. The summed E-state index contributed by atoms with van der Waals surface area (Å²) in [7, 11) is 1.66. The van der Waals surface area contributed by atoms with Crippen LogP contribution in [-0.2, 0) is 4.74 Å². The molecular formula is C18H27BrN2O3. The lowest BCUT2D eigenvalue weighted by atomic mass is 10.0. The second-order valence-corrected chi connectivity index (χ2v) is 8.03. The monoisotopic (exact) mass is 398 g/mol. The lowest BCUT2D eigenvalue weighted by molar-refractivity contribution is 0.0519. The van der Waals surface area contributed by atoms with Crippen LogP contribution in [0.25, 0.3) is 0 Å². The molecule has 1 fully saturated rings. The van der Waals surface area contributed by atoms with Gasteiger partial charge in [-0.1, -0.05) is 6.42 Å². The summed E-state index contributed by atoms with van der Waals surface area (Å²) in [5.74, 6) is 1.22. The minimum Gasteiger partial charge on any atom is -0.496 e. The fourth-order valence-corrected chi connectivity index (χ4v) is 3.51. The van der Waals surface area contributed by atoms with Crippen molar-refractivity contribution in [3.63, 3.8) is 0 Å². The summed E-state index contributed by atoms with van der Waals surface area (Å²) in [4.78, 5) is 11.8. The Morgan fingerprint density at radius 1 is 1.33 bits per heavy atom. The molecule has 1 amide bonds. The molecule has 0 saturated heterocycles. The Balaban J connectivity index is 1.89. The predicted octanol–water partition coefficient (Wildman–Crippen LogP) is 4.56. The molecule has 5 nitrogen and oxygen atoms in total. The number of methoxy groups -OCH3 is 1. The Labute approximate surface area is 152 Å². The van der Waals surface area contributed by atoms with E-state index >= 15 is 0 Å². The van der Waals surface area contributed by atoms with Crippen LogP contribution in [0.4, 0.5) is 10.5 Å². The number of benzene rings is 1. The minimum atomic E-state index is -0.465. The van der Waals surface area contributed by atoms with E-state index in [0.29, 0.717) is 18.5 Å². The number of carbonyl (C=O) groups excluding carboxylic acids is 1. The molecule has 0 radical (unpaired) electrons. The number of halogens is 1. The summed E-state index contributed by atoms with van der Waals surface area (Å²) in [5, 5.41) is 6.47. The van der Waals surface area contributed by atoms with E-state index in [-0.39, 0.29) is 6.09 Å². The third kappa shape index (κ3) is 5.58. The Morgan fingerprint density at radius 3 is 2.71 bits per heavy atom. The van der Waals surface area contributed by atoms with Crippen molar-refractivity contribution in [1.82, 2.24) is 5.32 Å². The van der Waals surface area contributed by atoms with Crippen molar-refractivity contribution < 1.29 is 14.3 Å². The first kappa shape index (κ1) is 18.9. The number of hydrogen-bond acceptors (Lipinski definition) is 4. The standard InChI is InChI=1S/C18H27BrN2O3/c1-18(2,3)24-17(22)20-11-12-6-5-7-15(12)21-13-8-9-16(23-4)14(19)10-13/h8-10,12,15,21H,5-7,11H2,1-4H3,(H,20,22). The van der Waals surface area contributed by atoms with Crippen molar-refractivity contribution in [3.8, 4) is 5.75 Å². The van der Waals surface area contributed by atoms with Gasteiger partial charge in [-0.15, -0.1) is 0 Å². The Hall–Kier alpha value is -1.43. The van der Waals surface area contributed by atoms with E-state index in [1.165, 1.54) is 0 Å². The van der Waals surface area contributed by atoms with Gasteiger partial charge in [-0.05, 0) is 73.7 Å². The first-order chi connectivity index (χ1) is 11.3. The van der Waals surface area contributed by atoms with Crippen LogP contribution in [0.1, 0.15) is 40.0 Å².